The molecular formula is C38H59F3N2O2. The van der Waals surface area contributed by atoms with Crippen LogP contribution in [0.3, 0.4) is 0 Å². The lowest BCUT2D eigenvalue weighted by molar-refractivity contribution is -0.137. The number of anilines is 1. The number of carbonyl (C=O) groups is 2. The van der Waals surface area contributed by atoms with Crippen molar-refractivity contribution < 1.29 is 22.8 Å². The van der Waals surface area contributed by atoms with E-state index in [-0.39, 0.29) is 11.7 Å². The molecule has 7 heteroatoms. The van der Waals surface area contributed by atoms with Gasteiger partial charge in [-0.1, -0.05) is 114 Å². The summed E-state index contributed by atoms with van der Waals surface area (Å²) in [5.41, 5.74) is 8.07. The minimum Gasteiger partial charge on any atom is -0.324 e. The second kappa shape index (κ2) is 26.9. The molecule has 0 aliphatic carbocycles. The van der Waals surface area contributed by atoms with Crippen molar-refractivity contribution in [3.63, 3.8) is 0 Å². The summed E-state index contributed by atoms with van der Waals surface area (Å²) in [5.74, 6) is 5.93. The second-order valence-electron chi connectivity index (χ2n) is 10.8. The Labute approximate surface area is 272 Å². The number of alkyl halides is 3. The Morgan fingerprint density at radius 2 is 1.44 bits per heavy atom. The Kier molecular flexibility index (Phi) is 27.5. The number of hydrogen-bond acceptors (Lipinski definition) is 4. The molecule has 1 atom stereocenters. The summed E-state index contributed by atoms with van der Waals surface area (Å²) in [6.45, 7) is 25.1. The van der Waals surface area contributed by atoms with Crippen molar-refractivity contribution in [3.05, 3.63) is 101 Å². The van der Waals surface area contributed by atoms with Gasteiger partial charge >= 0.3 is 6.18 Å². The van der Waals surface area contributed by atoms with Crippen molar-refractivity contribution in [2.24, 2.45) is 11.8 Å². The Bertz CT molecular complexity index is 1160. The van der Waals surface area contributed by atoms with E-state index in [1.54, 1.807) is 26.0 Å². The van der Waals surface area contributed by atoms with Crippen molar-refractivity contribution in [1.82, 2.24) is 0 Å². The number of hydrazine groups is 1. The molecule has 2 rings (SSSR count). The van der Waals surface area contributed by atoms with Crippen LogP contribution in [0.15, 0.2) is 78.4 Å². The van der Waals surface area contributed by atoms with Crippen LogP contribution in [0.4, 0.5) is 18.9 Å². The monoisotopic (exact) mass is 632 g/mol. The number of Topliss-reactive ketones (excluding diaryl/α,β-unsaturated/α-hetero) is 2. The number of carbonyl (C=O) groups excluding carboxylic acids is 2. The Hall–Kier alpha value is -3.45. The predicted molar refractivity (Wildman–Crippen MR) is 188 cm³/mol. The lowest BCUT2D eigenvalue weighted by Crippen LogP contribution is -2.07. The van der Waals surface area contributed by atoms with E-state index < -0.39 is 11.7 Å². The highest BCUT2D eigenvalue weighted by atomic mass is 19.4. The summed E-state index contributed by atoms with van der Waals surface area (Å²) in [6.07, 6.45) is 6.74. The standard InChI is InChI=1S/C10H14O.C9H9F3.C8H12N2.C7H14O.C4H10/c1-5-10(9(4)11)7-6-8(2)3;1-2-7-3-5-8(6-4-7)9(10,11)12;1-6-3-4-8(10-9)7(2)5-6;1-4-5-6(2)7(3)8;1-3-4-2/h5-7H,2H2,1,3-4H3;3-6H,2H2,1H3;3-5,10H,9H2,1-2H3;6H,4-5H2,1-3H3;3-4H2,1-2H3/b7-6-,10-5+;;;;. The third kappa shape index (κ3) is 25.6. The molecular weight excluding hydrogens is 573 g/mol. The fourth-order valence-electron chi connectivity index (χ4n) is 3.19. The second-order valence-corrected chi connectivity index (χ2v) is 10.8. The first kappa shape index (κ1) is 46.0. The molecule has 0 heterocycles. The summed E-state index contributed by atoms with van der Waals surface area (Å²) < 4.78 is 36.1. The molecule has 2 aromatic carbocycles. The van der Waals surface area contributed by atoms with Crippen LogP contribution in [0, 0.1) is 19.8 Å². The Balaban J connectivity index is -0.000000506. The molecule has 2 aromatic rings. The van der Waals surface area contributed by atoms with Gasteiger partial charge < -0.3 is 5.43 Å². The van der Waals surface area contributed by atoms with E-state index in [4.69, 9.17) is 5.84 Å². The molecule has 0 aliphatic rings. The molecule has 0 aromatic heterocycles. The highest BCUT2D eigenvalue weighted by molar-refractivity contribution is 5.95. The summed E-state index contributed by atoms with van der Waals surface area (Å²) in [5, 5.41) is 0. The van der Waals surface area contributed by atoms with Crippen LogP contribution in [-0.2, 0) is 22.2 Å². The number of halogens is 3. The molecule has 1 unspecified atom stereocenters. The number of nitrogens with one attached hydrogen (secondary N) is 1. The van der Waals surface area contributed by atoms with E-state index in [1.807, 2.05) is 52.8 Å². The van der Waals surface area contributed by atoms with E-state index in [1.165, 1.54) is 36.1 Å². The lowest BCUT2D eigenvalue weighted by Gasteiger charge is -2.06. The number of aryl methyl sites for hydroxylation is 3. The number of nitrogens with two attached hydrogens (primary N) is 1. The van der Waals surface area contributed by atoms with E-state index in [0.29, 0.717) is 5.78 Å². The van der Waals surface area contributed by atoms with Crippen molar-refractivity contribution in [1.29, 1.82) is 0 Å². The highest BCUT2D eigenvalue weighted by Gasteiger charge is 2.29. The van der Waals surface area contributed by atoms with Crippen LogP contribution in [-0.4, -0.2) is 11.6 Å². The van der Waals surface area contributed by atoms with E-state index in [9.17, 15) is 22.8 Å². The number of benzene rings is 2. The molecule has 0 radical (unpaired) electrons. The molecule has 0 fully saturated rings. The zero-order valence-corrected chi connectivity index (χ0v) is 29.6. The van der Waals surface area contributed by atoms with Crippen LogP contribution in [0.2, 0.25) is 0 Å². The molecule has 0 bridgehead atoms. The van der Waals surface area contributed by atoms with Crippen molar-refractivity contribution in [2.75, 3.05) is 5.43 Å². The summed E-state index contributed by atoms with van der Waals surface area (Å²) in [6, 6.07) is 11.3. The van der Waals surface area contributed by atoms with Gasteiger partial charge in [0.25, 0.3) is 0 Å². The minimum absolute atomic E-state index is 0.0880. The van der Waals surface area contributed by atoms with Gasteiger partial charge in [0.15, 0.2) is 5.78 Å². The maximum Gasteiger partial charge on any atom is 0.416 e. The molecule has 0 saturated carbocycles. The quantitative estimate of drug-likeness (QED) is 0.125. The molecule has 45 heavy (non-hydrogen) atoms. The van der Waals surface area contributed by atoms with Gasteiger partial charge in [-0.05, 0) is 83.7 Å². The SMILES string of the molecule is C=C(C)/C=C\C(=C/C)C(C)=O.CCCC.CCCC(C)C(C)=O.CCc1ccc(C(F)(F)F)cc1.Cc1ccc(NN)c(C)c1. The van der Waals surface area contributed by atoms with Crippen LogP contribution < -0.4 is 11.3 Å². The molecule has 254 valence electrons. The van der Waals surface area contributed by atoms with Gasteiger partial charge in [-0.3, -0.25) is 15.4 Å². The van der Waals surface area contributed by atoms with Crippen LogP contribution in [0.25, 0.3) is 0 Å². The fourth-order valence-corrected chi connectivity index (χ4v) is 3.19. The number of unbranched alkanes of at least 4 members (excludes halogenated alkanes) is 1. The first-order chi connectivity index (χ1) is 20.9. The minimum atomic E-state index is -4.22. The smallest absolute Gasteiger partial charge is 0.324 e. The summed E-state index contributed by atoms with van der Waals surface area (Å²) >= 11 is 0. The van der Waals surface area contributed by atoms with Crippen LogP contribution in [0.5, 0.6) is 0 Å². The fraction of sp³-hybridized carbons (Fsp3) is 0.474. The van der Waals surface area contributed by atoms with Gasteiger partial charge in [-0.2, -0.15) is 13.2 Å². The number of hydrogen-bond donors (Lipinski definition) is 2. The summed E-state index contributed by atoms with van der Waals surface area (Å²) in [7, 11) is 0. The Morgan fingerprint density at radius 3 is 1.73 bits per heavy atom. The Morgan fingerprint density at radius 1 is 0.911 bits per heavy atom. The first-order valence-corrected chi connectivity index (χ1v) is 15.7. The van der Waals surface area contributed by atoms with Gasteiger partial charge in [0.2, 0.25) is 0 Å². The van der Waals surface area contributed by atoms with Gasteiger partial charge in [0.1, 0.15) is 5.78 Å². The van der Waals surface area contributed by atoms with Gasteiger partial charge in [0.05, 0.1) is 11.3 Å². The van der Waals surface area contributed by atoms with Crippen LogP contribution in [0.1, 0.15) is 110 Å². The molecule has 0 saturated heterocycles. The van der Waals surface area contributed by atoms with Gasteiger partial charge in [-0.15, -0.1) is 0 Å². The normalized spacial score (nSPS) is 11.2. The zero-order chi connectivity index (χ0) is 35.6. The predicted octanol–water partition coefficient (Wildman–Crippen LogP) is 11.3. The van der Waals surface area contributed by atoms with E-state index >= 15 is 0 Å². The molecule has 0 amide bonds. The van der Waals surface area contributed by atoms with E-state index in [2.05, 4.69) is 45.8 Å². The maximum absolute atomic E-state index is 12.0. The number of rotatable bonds is 9. The largest absolute Gasteiger partial charge is 0.416 e. The average Bonchev–Trinajstić information content (AvgIpc) is 2.98. The van der Waals surface area contributed by atoms with Crippen molar-refractivity contribution in [3.8, 4) is 0 Å². The molecule has 4 nitrogen and oxygen atoms in total. The maximum atomic E-state index is 12.0. The first-order valence-electron chi connectivity index (χ1n) is 15.7. The van der Waals surface area contributed by atoms with Crippen molar-refractivity contribution >= 4 is 17.3 Å². The number of nitrogen functional groups attached to an aromatic ring is 1. The van der Waals surface area contributed by atoms with Gasteiger partial charge in [-0.25, -0.2) is 0 Å². The van der Waals surface area contributed by atoms with Gasteiger partial charge in [0, 0.05) is 11.5 Å². The highest BCUT2D eigenvalue weighted by Crippen LogP contribution is 2.29. The summed E-state index contributed by atoms with van der Waals surface area (Å²) in [4.78, 5) is 21.4. The lowest BCUT2D eigenvalue weighted by atomic mass is 10.0. The third-order valence-corrected chi connectivity index (χ3v) is 6.41. The molecule has 0 aliphatic heterocycles. The zero-order valence-electron chi connectivity index (χ0n) is 29.6. The van der Waals surface area contributed by atoms with Crippen molar-refractivity contribution in [2.45, 2.75) is 114 Å². The van der Waals surface area contributed by atoms with Crippen LogP contribution >= 0.6 is 0 Å². The van der Waals surface area contributed by atoms with E-state index in [0.717, 1.165) is 53.8 Å². The molecule has 3 N–H and O–H groups in total. The topological polar surface area (TPSA) is 72.2 Å². The number of allylic oxidation sites excluding steroid dienone is 5. The number of ketones is 2. The molecule has 0 spiro atoms. The third-order valence-electron chi connectivity index (χ3n) is 6.41. The average molecular weight is 633 g/mol.